The van der Waals surface area contributed by atoms with E-state index in [2.05, 4.69) is 6.58 Å². The molecular weight excluding hydrogens is 410 g/mol. The largest absolute Gasteiger partial charge is 0.508 e. The van der Waals surface area contributed by atoms with Crippen LogP contribution in [0.3, 0.4) is 0 Å². The van der Waals surface area contributed by atoms with Crippen LogP contribution in [0.15, 0.2) is 89.6 Å². The number of phenolic OH excluding ortho intramolecular Hbond substituents is 1. The number of Topliss-reactive ketones (excluding diaryl/α,β-unsaturated/α-hetero) is 1. The van der Waals surface area contributed by atoms with Gasteiger partial charge in [-0.25, -0.2) is 0 Å². The van der Waals surface area contributed by atoms with Crippen LogP contribution >= 0.6 is 0 Å². The summed E-state index contributed by atoms with van der Waals surface area (Å²) in [5, 5.41) is 20.7. The number of carbonyl (C=O) groups is 2. The molecule has 2 aromatic carbocycles. The molecule has 0 saturated carbocycles. The van der Waals surface area contributed by atoms with Crippen molar-refractivity contribution in [3.63, 3.8) is 0 Å². The normalized spacial score (nSPS) is 17.5. The van der Waals surface area contributed by atoms with Crippen LogP contribution in [-0.2, 0) is 16.1 Å². The molecule has 4 rings (SSSR count). The van der Waals surface area contributed by atoms with Gasteiger partial charge in [-0.2, -0.15) is 0 Å². The standard InChI is InChI=1S/C25H21NO6/c1-2-13-31-19-11-7-17(8-12-19)23(28)21-22(16-5-9-18(27)10-6-16)26(25(30)24(21)29)15-20-4-3-14-32-20/h2-12,14,22,27-28H,1,13,15H2/b23-21+. The van der Waals surface area contributed by atoms with Crippen LogP contribution in [0.1, 0.15) is 22.9 Å². The van der Waals surface area contributed by atoms with E-state index in [0.717, 1.165) is 0 Å². The van der Waals surface area contributed by atoms with Gasteiger partial charge >= 0.3 is 0 Å². The van der Waals surface area contributed by atoms with E-state index in [9.17, 15) is 19.8 Å². The number of aliphatic hydroxyl groups excluding tert-OH is 1. The number of ketones is 1. The number of rotatable bonds is 7. The molecule has 2 heterocycles. The van der Waals surface area contributed by atoms with Crippen molar-refractivity contribution < 1.29 is 29.0 Å². The first-order valence-corrected chi connectivity index (χ1v) is 9.93. The Hall–Kier alpha value is -4.26. The molecule has 162 valence electrons. The lowest BCUT2D eigenvalue weighted by Crippen LogP contribution is -2.29. The lowest BCUT2D eigenvalue weighted by atomic mass is 9.95. The number of ether oxygens (including phenoxy) is 1. The Bertz CT molecular complexity index is 1160. The predicted molar refractivity (Wildman–Crippen MR) is 117 cm³/mol. The predicted octanol–water partition coefficient (Wildman–Crippen LogP) is 4.17. The minimum Gasteiger partial charge on any atom is -0.508 e. The van der Waals surface area contributed by atoms with Gasteiger partial charge in [0.1, 0.15) is 29.6 Å². The summed E-state index contributed by atoms with van der Waals surface area (Å²) in [5.41, 5.74) is 0.906. The molecule has 3 aromatic rings. The molecule has 1 unspecified atom stereocenters. The van der Waals surface area contributed by atoms with Gasteiger partial charge in [0.05, 0.1) is 24.4 Å². The van der Waals surface area contributed by atoms with E-state index in [-0.39, 0.29) is 23.6 Å². The monoisotopic (exact) mass is 431 g/mol. The highest BCUT2D eigenvalue weighted by Crippen LogP contribution is 2.40. The van der Waals surface area contributed by atoms with Crippen molar-refractivity contribution in [3.8, 4) is 11.5 Å². The van der Waals surface area contributed by atoms with E-state index < -0.39 is 17.7 Å². The minimum absolute atomic E-state index is 0.0352. The Balaban J connectivity index is 1.78. The highest BCUT2D eigenvalue weighted by molar-refractivity contribution is 6.46. The smallest absolute Gasteiger partial charge is 0.296 e. The molecule has 0 bridgehead atoms. The van der Waals surface area contributed by atoms with Gasteiger partial charge in [0.15, 0.2) is 0 Å². The molecule has 0 spiro atoms. The van der Waals surface area contributed by atoms with Crippen molar-refractivity contribution in [1.29, 1.82) is 0 Å². The molecule has 1 aliphatic rings. The summed E-state index contributed by atoms with van der Waals surface area (Å²) in [7, 11) is 0. The summed E-state index contributed by atoms with van der Waals surface area (Å²) in [4.78, 5) is 27.3. The van der Waals surface area contributed by atoms with Gasteiger partial charge in [-0.3, -0.25) is 9.59 Å². The van der Waals surface area contributed by atoms with Gasteiger partial charge in [-0.1, -0.05) is 24.8 Å². The second kappa shape index (κ2) is 8.85. The molecule has 7 nitrogen and oxygen atoms in total. The molecule has 1 aliphatic heterocycles. The number of aromatic hydroxyl groups is 1. The molecular formula is C25H21NO6. The Morgan fingerprint density at radius 3 is 2.44 bits per heavy atom. The highest BCUT2D eigenvalue weighted by Gasteiger charge is 2.46. The molecule has 1 atom stereocenters. The molecule has 0 radical (unpaired) electrons. The maximum Gasteiger partial charge on any atom is 0.296 e. The Kier molecular flexibility index (Phi) is 5.81. The van der Waals surface area contributed by atoms with Crippen molar-refractivity contribution in [2.24, 2.45) is 0 Å². The lowest BCUT2D eigenvalue weighted by molar-refractivity contribution is -0.140. The van der Waals surface area contributed by atoms with Crippen LogP contribution < -0.4 is 4.74 Å². The van der Waals surface area contributed by atoms with Crippen LogP contribution in [0.4, 0.5) is 0 Å². The van der Waals surface area contributed by atoms with E-state index in [1.165, 1.54) is 23.3 Å². The fourth-order valence-electron chi connectivity index (χ4n) is 3.64. The number of aliphatic hydroxyl groups is 1. The van der Waals surface area contributed by atoms with E-state index in [1.807, 2.05) is 0 Å². The average Bonchev–Trinajstić information content (AvgIpc) is 3.41. The van der Waals surface area contributed by atoms with Crippen molar-refractivity contribution in [2.45, 2.75) is 12.6 Å². The zero-order valence-corrected chi connectivity index (χ0v) is 17.1. The van der Waals surface area contributed by atoms with Crippen LogP contribution in [0.5, 0.6) is 11.5 Å². The van der Waals surface area contributed by atoms with Gasteiger partial charge in [0.25, 0.3) is 11.7 Å². The number of hydrogen-bond acceptors (Lipinski definition) is 6. The molecule has 1 aromatic heterocycles. The summed E-state index contributed by atoms with van der Waals surface area (Å²) < 4.78 is 10.8. The fraction of sp³-hybridized carbons (Fsp3) is 0.120. The molecule has 1 fully saturated rings. The first-order chi connectivity index (χ1) is 15.5. The van der Waals surface area contributed by atoms with Gasteiger partial charge in [-0.15, -0.1) is 0 Å². The Labute approximate surface area is 184 Å². The SMILES string of the molecule is C=CCOc1ccc(/C(O)=C2\C(=O)C(=O)N(Cc3ccco3)C2c2ccc(O)cc2)cc1. The van der Waals surface area contributed by atoms with E-state index in [4.69, 9.17) is 9.15 Å². The molecule has 0 aliphatic carbocycles. The highest BCUT2D eigenvalue weighted by atomic mass is 16.5. The maximum atomic E-state index is 13.0. The van der Waals surface area contributed by atoms with E-state index >= 15 is 0 Å². The zero-order valence-electron chi connectivity index (χ0n) is 17.1. The Morgan fingerprint density at radius 2 is 1.81 bits per heavy atom. The second-order valence-electron chi connectivity index (χ2n) is 7.22. The quantitative estimate of drug-likeness (QED) is 0.252. The minimum atomic E-state index is -0.850. The van der Waals surface area contributed by atoms with Crippen molar-refractivity contribution in [2.75, 3.05) is 6.61 Å². The summed E-state index contributed by atoms with van der Waals surface area (Å²) >= 11 is 0. The molecule has 32 heavy (non-hydrogen) atoms. The third-order valence-corrected chi connectivity index (χ3v) is 5.15. The number of nitrogens with zero attached hydrogens (tertiary/aromatic N) is 1. The lowest BCUT2D eigenvalue weighted by Gasteiger charge is -2.24. The number of amides is 1. The van der Waals surface area contributed by atoms with Crippen LogP contribution in [-0.4, -0.2) is 33.4 Å². The van der Waals surface area contributed by atoms with E-state index in [0.29, 0.717) is 29.2 Å². The molecule has 1 amide bonds. The summed E-state index contributed by atoms with van der Waals surface area (Å²) in [6.45, 7) is 3.98. The summed E-state index contributed by atoms with van der Waals surface area (Å²) in [6.07, 6.45) is 3.10. The number of benzene rings is 2. The topological polar surface area (TPSA) is 100 Å². The van der Waals surface area contributed by atoms with Gasteiger partial charge < -0.3 is 24.3 Å². The molecule has 2 N–H and O–H groups in total. The fourth-order valence-corrected chi connectivity index (χ4v) is 3.64. The number of phenols is 1. The maximum absolute atomic E-state index is 13.0. The number of likely N-dealkylation sites (tertiary alicyclic amines) is 1. The van der Waals surface area contributed by atoms with Gasteiger partial charge in [0.2, 0.25) is 0 Å². The van der Waals surface area contributed by atoms with Gasteiger partial charge in [0, 0.05) is 5.56 Å². The number of carbonyl (C=O) groups excluding carboxylic acids is 2. The first-order valence-electron chi connectivity index (χ1n) is 9.93. The van der Waals surface area contributed by atoms with Crippen LogP contribution in [0, 0.1) is 0 Å². The van der Waals surface area contributed by atoms with Crippen molar-refractivity contribution in [1.82, 2.24) is 4.90 Å². The summed E-state index contributed by atoms with van der Waals surface area (Å²) in [6, 6.07) is 15.2. The van der Waals surface area contributed by atoms with Crippen molar-refractivity contribution >= 4 is 17.4 Å². The number of hydrogen-bond donors (Lipinski definition) is 2. The first kappa shape index (κ1) is 21.0. The van der Waals surface area contributed by atoms with Gasteiger partial charge in [-0.05, 0) is 54.1 Å². The zero-order chi connectivity index (χ0) is 22.7. The van der Waals surface area contributed by atoms with Crippen molar-refractivity contribution in [3.05, 3.63) is 102 Å². The average molecular weight is 431 g/mol. The third kappa shape index (κ3) is 4.00. The van der Waals surface area contributed by atoms with Crippen LogP contribution in [0.25, 0.3) is 5.76 Å². The molecule has 1 saturated heterocycles. The second-order valence-corrected chi connectivity index (χ2v) is 7.22. The molecule has 7 heteroatoms. The van der Waals surface area contributed by atoms with Crippen LogP contribution in [0.2, 0.25) is 0 Å². The Morgan fingerprint density at radius 1 is 1.09 bits per heavy atom. The summed E-state index contributed by atoms with van der Waals surface area (Å²) in [5.74, 6) is -0.703. The number of furan rings is 1. The van der Waals surface area contributed by atoms with E-state index in [1.54, 1.807) is 54.6 Å². The third-order valence-electron chi connectivity index (χ3n) is 5.15.